The number of hydrogen-bond acceptors (Lipinski definition) is 6. The summed E-state index contributed by atoms with van der Waals surface area (Å²) in [4.78, 5) is 0. The van der Waals surface area contributed by atoms with E-state index < -0.39 is 44.9 Å². The lowest BCUT2D eigenvalue weighted by atomic mass is 9.90. The van der Waals surface area contributed by atoms with Crippen molar-refractivity contribution < 1.29 is 28.5 Å². The van der Waals surface area contributed by atoms with Crippen LogP contribution in [0.25, 0.3) is 0 Å². The van der Waals surface area contributed by atoms with Crippen molar-refractivity contribution in [2.24, 2.45) is 0 Å². The highest BCUT2D eigenvalue weighted by Gasteiger charge is 2.53. The quantitative estimate of drug-likeness (QED) is 0.0941. The lowest BCUT2D eigenvalue weighted by Gasteiger charge is -2.51. The van der Waals surface area contributed by atoms with Gasteiger partial charge < -0.3 is 28.5 Å². The largest absolute Gasteiger partial charge is 0.408 e. The minimum absolute atomic E-state index is 0.0538. The Morgan fingerprint density at radius 2 is 1.16 bits per heavy atom. The fourth-order valence-corrected chi connectivity index (χ4v) is 7.43. The maximum absolute atomic E-state index is 11.9. The van der Waals surface area contributed by atoms with Crippen LogP contribution in [-0.2, 0) is 43.2 Å². The molecule has 0 aliphatic carbocycles. The molecule has 1 aliphatic rings. The summed E-state index contributed by atoms with van der Waals surface area (Å²) >= 11 is 0. The first-order chi connectivity index (χ1) is 23.6. The van der Waals surface area contributed by atoms with Gasteiger partial charge in [0.25, 0.3) is 0 Å². The predicted octanol–water partition coefficient (Wildman–Crippen LogP) is 9.64. The van der Waals surface area contributed by atoms with Gasteiger partial charge in [0.2, 0.25) is 0 Å². The minimum Gasteiger partial charge on any atom is -0.408 e. The lowest BCUT2D eigenvalue weighted by molar-refractivity contribution is -0.273. The first-order valence-corrected chi connectivity index (χ1v) is 21.4. The molecule has 0 saturated carbocycles. The third-order valence-corrected chi connectivity index (χ3v) is 14.6. The van der Waals surface area contributed by atoms with Crippen LogP contribution in [0.4, 0.5) is 0 Å². The molecule has 6 nitrogen and oxygen atoms in total. The molecule has 0 spiro atoms. The summed E-state index contributed by atoms with van der Waals surface area (Å²) in [5.41, 5.74) is 3.24. The van der Waals surface area contributed by atoms with Crippen LogP contribution in [0, 0.1) is 0 Å². The molecule has 1 aliphatic heterocycles. The summed E-state index contributed by atoms with van der Waals surface area (Å²) in [5, 5.41) is 11.9. The summed E-state index contributed by atoms with van der Waals surface area (Å²) in [6.07, 6.45) is 4.28. The van der Waals surface area contributed by atoms with E-state index in [-0.39, 0.29) is 5.04 Å². The number of aliphatic hydroxyl groups is 1. The van der Waals surface area contributed by atoms with Crippen molar-refractivity contribution in [2.45, 2.75) is 147 Å². The smallest absolute Gasteiger partial charge is 0.192 e. The fourth-order valence-electron chi connectivity index (χ4n) is 6.13. The van der Waals surface area contributed by atoms with Crippen LogP contribution in [0.2, 0.25) is 18.1 Å². The first-order valence-electron chi connectivity index (χ1n) is 18.5. The Kier molecular flexibility index (Phi) is 16.0. The van der Waals surface area contributed by atoms with Crippen molar-refractivity contribution in [1.29, 1.82) is 0 Å². The van der Waals surface area contributed by atoms with E-state index in [0.29, 0.717) is 32.8 Å². The van der Waals surface area contributed by atoms with Gasteiger partial charge in [0, 0.05) is 0 Å². The third-order valence-electron chi connectivity index (χ3n) is 10.1. The highest BCUT2D eigenvalue weighted by Crippen LogP contribution is 2.41. The van der Waals surface area contributed by atoms with Crippen molar-refractivity contribution in [3.63, 3.8) is 0 Å². The van der Waals surface area contributed by atoms with Crippen molar-refractivity contribution in [3.05, 3.63) is 108 Å². The standard InChI is InChI=1S/C42H62O6Si/c1-7-8-9-10-11-21-28-36(43)38-41(48-49(5,6)42(2,3)4)40(46-31-35-26-19-14-20-27-35)39(45-30-34-24-17-13-18-25-34)37(47-38)32-44-29-33-22-15-12-16-23-33/h12-20,22-27,36-41,43H,7-11,21,28-32H2,1-6H3/t36?,37-,38-,39-,40+,41-/m1/s1. The van der Waals surface area contributed by atoms with Gasteiger partial charge in [0.05, 0.1) is 32.5 Å². The van der Waals surface area contributed by atoms with E-state index in [1.807, 2.05) is 54.6 Å². The second kappa shape index (κ2) is 19.9. The average Bonchev–Trinajstić information content (AvgIpc) is 3.09. The SMILES string of the molecule is CCCCCCCCC(O)[C@H]1O[C@H](COCc2ccccc2)[C@@H](OCc2ccccc2)[C@H](OCc2ccccc2)[C@@H]1O[Si](C)(C)C(C)(C)C. The topological polar surface area (TPSA) is 66.4 Å². The number of hydrogen-bond donors (Lipinski definition) is 1. The second-order valence-corrected chi connectivity index (χ2v) is 19.9. The Bertz CT molecular complexity index is 1300. The van der Waals surface area contributed by atoms with Crippen LogP contribution in [0.5, 0.6) is 0 Å². The zero-order valence-corrected chi connectivity index (χ0v) is 31.9. The first kappa shape index (κ1) is 39.4. The Hall–Kier alpha value is -2.36. The summed E-state index contributed by atoms with van der Waals surface area (Å²) in [6.45, 7) is 15.0. The van der Waals surface area contributed by atoms with Gasteiger partial charge in [-0.25, -0.2) is 0 Å². The number of rotatable bonds is 20. The summed E-state index contributed by atoms with van der Waals surface area (Å²) < 4.78 is 34.3. The Morgan fingerprint density at radius 3 is 1.69 bits per heavy atom. The molecule has 1 saturated heterocycles. The molecule has 0 aromatic heterocycles. The van der Waals surface area contributed by atoms with E-state index in [4.69, 9.17) is 23.4 Å². The maximum Gasteiger partial charge on any atom is 0.192 e. The highest BCUT2D eigenvalue weighted by atomic mass is 28.4. The molecule has 7 heteroatoms. The van der Waals surface area contributed by atoms with E-state index in [1.54, 1.807) is 0 Å². The molecule has 3 aromatic carbocycles. The van der Waals surface area contributed by atoms with Gasteiger partial charge in [-0.15, -0.1) is 0 Å². The molecular weight excluding hydrogens is 629 g/mol. The van der Waals surface area contributed by atoms with Gasteiger partial charge in [0.1, 0.15) is 30.5 Å². The van der Waals surface area contributed by atoms with Gasteiger partial charge in [-0.3, -0.25) is 0 Å². The van der Waals surface area contributed by atoms with Gasteiger partial charge in [0.15, 0.2) is 8.32 Å². The van der Waals surface area contributed by atoms with E-state index in [1.165, 1.54) is 25.7 Å². The fraction of sp³-hybridized carbons (Fsp3) is 0.571. The molecule has 270 valence electrons. The molecule has 1 unspecified atom stereocenters. The Labute approximate surface area is 297 Å². The summed E-state index contributed by atoms with van der Waals surface area (Å²) in [7, 11) is -2.35. The molecule has 1 N–H and O–H groups in total. The number of aliphatic hydroxyl groups excluding tert-OH is 1. The predicted molar refractivity (Wildman–Crippen MR) is 201 cm³/mol. The minimum atomic E-state index is -2.35. The van der Waals surface area contributed by atoms with Crippen molar-refractivity contribution in [1.82, 2.24) is 0 Å². The van der Waals surface area contributed by atoms with Crippen LogP contribution in [-0.4, -0.2) is 56.7 Å². The average molecular weight is 691 g/mol. The van der Waals surface area contributed by atoms with Crippen LogP contribution in [0.3, 0.4) is 0 Å². The lowest BCUT2D eigenvalue weighted by Crippen LogP contribution is -2.66. The van der Waals surface area contributed by atoms with Crippen molar-refractivity contribution in [2.75, 3.05) is 6.61 Å². The van der Waals surface area contributed by atoms with Crippen LogP contribution in [0.15, 0.2) is 91.0 Å². The zero-order chi connectivity index (χ0) is 35.1. The molecular formula is C42H62O6Si. The van der Waals surface area contributed by atoms with Gasteiger partial charge >= 0.3 is 0 Å². The summed E-state index contributed by atoms with van der Waals surface area (Å²) in [6, 6.07) is 30.6. The number of benzene rings is 3. The molecule has 6 atom stereocenters. The zero-order valence-electron chi connectivity index (χ0n) is 30.9. The molecule has 1 fully saturated rings. The Balaban J connectivity index is 1.67. The van der Waals surface area contributed by atoms with E-state index in [2.05, 4.69) is 77.2 Å². The van der Waals surface area contributed by atoms with Crippen LogP contribution >= 0.6 is 0 Å². The van der Waals surface area contributed by atoms with Gasteiger partial charge in [-0.1, -0.05) is 157 Å². The van der Waals surface area contributed by atoms with E-state index >= 15 is 0 Å². The second-order valence-electron chi connectivity index (χ2n) is 15.1. The van der Waals surface area contributed by atoms with Crippen molar-refractivity contribution >= 4 is 8.32 Å². The monoisotopic (exact) mass is 690 g/mol. The number of ether oxygens (including phenoxy) is 4. The van der Waals surface area contributed by atoms with Gasteiger partial charge in [-0.2, -0.15) is 0 Å². The Morgan fingerprint density at radius 1 is 0.673 bits per heavy atom. The molecule has 0 bridgehead atoms. The maximum atomic E-state index is 11.9. The van der Waals surface area contributed by atoms with Crippen molar-refractivity contribution in [3.8, 4) is 0 Å². The third kappa shape index (κ3) is 12.4. The van der Waals surface area contributed by atoms with Crippen LogP contribution in [0.1, 0.15) is 89.3 Å². The normalized spacial score (nSPS) is 22.2. The van der Waals surface area contributed by atoms with E-state index in [0.717, 1.165) is 29.5 Å². The molecule has 1 heterocycles. The molecule has 4 rings (SSSR count). The number of unbranched alkanes of at least 4 members (excludes halogenated alkanes) is 5. The summed E-state index contributed by atoms with van der Waals surface area (Å²) in [5.74, 6) is 0. The highest BCUT2D eigenvalue weighted by molar-refractivity contribution is 6.74. The molecule has 49 heavy (non-hydrogen) atoms. The molecule has 0 radical (unpaired) electrons. The van der Waals surface area contributed by atoms with E-state index in [9.17, 15) is 5.11 Å². The molecule has 0 amide bonds. The molecule has 3 aromatic rings. The van der Waals surface area contributed by atoms with Gasteiger partial charge in [-0.05, 0) is 41.2 Å². The van der Waals surface area contributed by atoms with Crippen LogP contribution < -0.4 is 0 Å².